The molecule has 8 N–H and O–H groups in total. The Morgan fingerprint density at radius 2 is 0.802 bits per heavy atom. The standard InChI is InChI=1S/C61H109N11O14/c1-24-25-26-36(12)50(75)49-55(80)66-46(40(16)73)60(85)67(18)39(15)57(82)71(22)48(41(17)74)54(79)65-42(27-31(2)3)58(83)69(20)44(29-33(6)7)52(77)62-37(13)51(76)63-38(14)56(81)68(19)45(30-34(8)9)53(78)64-43(28-32(4)5)59(84)70(21)47(35(10)11)61(86)72(49)23/h24-25,31-50,73-75H,26-30H2,1-23H3,(H,62,77)(H,63,76)(H,64,78)(H,65,79)(H,66,80)/b25-24+/t36-,37+,38-,39-,40-,41?,42+,43+,44+,45+,46+,47+,48+,49+,50-/m1/s1. The van der Waals surface area contributed by atoms with E-state index in [0.29, 0.717) is 0 Å². The van der Waals surface area contributed by atoms with Gasteiger partial charge in [-0.2, -0.15) is 0 Å². The van der Waals surface area contributed by atoms with Crippen LogP contribution in [0.1, 0.15) is 150 Å². The van der Waals surface area contributed by atoms with Gasteiger partial charge in [-0.3, -0.25) is 52.7 Å². The lowest BCUT2D eigenvalue weighted by molar-refractivity contribution is -0.155. The number of amides is 11. The second-order valence-corrected chi connectivity index (χ2v) is 25.8. The lowest BCUT2D eigenvalue weighted by atomic mass is 9.91. The summed E-state index contributed by atoms with van der Waals surface area (Å²) in [4.78, 5) is 166. The summed E-state index contributed by atoms with van der Waals surface area (Å²) in [7, 11) is 7.83. The highest BCUT2D eigenvalue weighted by molar-refractivity contribution is 6.00. The van der Waals surface area contributed by atoms with Gasteiger partial charge in [-0.25, -0.2) is 0 Å². The van der Waals surface area contributed by atoms with Crippen LogP contribution in [0, 0.1) is 35.5 Å². The molecule has 25 nitrogen and oxygen atoms in total. The Morgan fingerprint density at radius 1 is 0.407 bits per heavy atom. The number of carbonyl (C=O) groups is 11. The summed E-state index contributed by atoms with van der Waals surface area (Å²) in [6.45, 7) is 27.9. The van der Waals surface area contributed by atoms with Gasteiger partial charge >= 0.3 is 0 Å². The van der Waals surface area contributed by atoms with Crippen LogP contribution in [-0.4, -0.2) is 237 Å². The zero-order chi connectivity index (χ0) is 66.8. The van der Waals surface area contributed by atoms with E-state index < -0.39 is 162 Å². The third kappa shape index (κ3) is 21.6. The number of rotatable bonds is 15. The Hall–Kier alpha value is -6.21. The molecule has 1 heterocycles. The molecule has 0 aromatic carbocycles. The van der Waals surface area contributed by atoms with Gasteiger partial charge in [0.15, 0.2) is 0 Å². The minimum atomic E-state index is -1.81. The van der Waals surface area contributed by atoms with Crippen molar-refractivity contribution in [2.45, 2.75) is 235 Å². The summed E-state index contributed by atoms with van der Waals surface area (Å²) >= 11 is 0. The van der Waals surface area contributed by atoms with Crippen molar-refractivity contribution in [3.63, 3.8) is 0 Å². The van der Waals surface area contributed by atoms with Crippen LogP contribution in [0.2, 0.25) is 0 Å². The number of aliphatic hydroxyl groups is 3. The van der Waals surface area contributed by atoms with E-state index >= 15 is 4.79 Å². The average Bonchev–Trinajstić information content (AvgIpc) is 2.28. The monoisotopic (exact) mass is 1220 g/mol. The Morgan fingerprint density at radius 3 is 1.23 bits per heavy atom. The fraction of sp³-hybridized carbons (Fsp3) is 0.787. The van der Waals surface area contributed by atoms with Gasteiger partial charge < -0.3 is 71.3 Å². The molecule has 1 fully saturated rings. The van der Waals surface area contributed by atoms with Gasteiger partial charge in [-0.15, -0.1) is 0 Å². The van der Waals surface area contributed by atoms with E-state index in [2.05, 4.69) is 26.6 Å². The number of nitrogens with zero attached hydrogens (tertiary/aromatic N) is 6. The Labute approximate surface area is 511 Å². The summed E-state index contributed by atoms with van der Waals surface area (Å²) in [5, 5.41) is 47.8. The van der Waals surface area contributed by atoms with Crippen LogP contribution in [0.15, 0.2) is 12.2 Å². The quantitative estimate of drug-likeness (QED) is 0.106. The van der Waals surface area contributed by atoms with E-state index in [4.69, 9.17) is 0 Å². The van der Waals surface area contributed by atoms with Crippen molar-refractivity contribution in [2.75, 3.05) is 42.3 Å². The Balaban J connectivity index is 4.36. The number of hydrogen-bond donors (Lipinski definition) is 8. The summed E-state index contributed by atoms with van der Waals surface area (Å²) in [6, 6.07) is -15.5. The number of carbonyl (C=O) groups excluding carboxylic acids is 11. The molecule has 1 unspecified atom stereocenters. The number of hydrogen-bond acceptors (Lipinski definition) is 14. The van der Waals surface area contributed by atoms with Gasteiger partial charge in [0.1, 0.15) is 66.5 Å². The van der Waals surface area contributed by atoms with Crippen LogP contribution in [0.4, 0.5) is 0 Å². The fourth-order valence-corrected chi connectivity index (χ4v) is 10.7. The summed E-state index contributed by atoms with van der Waals surface area (Å²) in [5.74, 6) is -11.2. The van der Waals surface area contributed by atoms with E-state index in [1.807, 2.05) is 41.5 Å². The first kappa shape index (κ1) is 77.8. The number of likely N-dealkylation sites (N-methyl/N-ethyl adjacent to an activating group) is 6. The minimum absolute atomic E-state index is 0.0383. The topological polar surface area (TPSA) is 328 Å². The highest BCUT2D eigenvalue weighted by Crippen LogP contribution is 2.24. The maximum atomic E-state index is 15.1. The molecule has 1 saturated heterocycles. The normalized spacial score (nSPS) is 28.2. The molecule has 0 aliphatic carbocycles. The predicted molar refractivity (Wildman–Crippen MR) is 327 cm³/mol. The number of nitrogens with one attached hydrogen (secondary N) is 5. The van der Waals surface area contributed by atoms with Gasteiger partial charge in [-0.1, -0.05) is 88.3 Å². The molecule has 1 rings (SSSR count). The first-order valence-electron chi connectivity index (χ1n) is 30.4. The van der Waals surface area contributed by atoms with E-state index in [9.17, 15) is 63.3 Å². The third-order valence-corrected chi connectivity index (χ3v) is 15.9. The van der Waals surface area contributed by atoms with Crippen molar-refractivity contribution in [3.05, 3.63) is 12.2 Å². The van der Waals surface area contributed by atoms with Crippen LogP contribution < -0.4 is 26.6 Å². The van der Waals surface area contributed by atoms with Crippen molar-refractivity contribution in [3.8, 4) is 0 Å². The van der Waals surface area contributed by atoms with E-state index in [1.54, 1.807) is 53.7 Å². The Bertz CT molecular complexity index is 2360. The highest BCUT2D eigenvalue weighted by Gasteiger charge is 2.46. The van der Waals surface area contributed by atoms with E-state index in [0.717, 1.165) is 19.6 Å². The Kier molecular flexibility index (Phi) is 31.6. The average molecular weight is 1220 g/mol. The smallest absolute Gasteiger partial charge is 0.248 e. The second-order valence-electron chi connectivity index (χ2n) is 25.8. The molecule has 0 aromatic rings. The molecule has 492 valence electrons. The van der Waals surface area contributed by atoms with Crippen molar-refractivity contribution in [1.82, 2.24) is 56.0 Å². The molecule has 0 aromatic heterocycles. The molecular weight excluding hydrogens is 1110 g/mol. The molecule has 86 heavy (non-hydrogen) atoms. The van der Waals surface area contributed by atoms with E-state index in [-0.39, 0.29) is 55.8 Å². The zero-order valence-electron chi connectivity index (χ0n) is 55.8. The highest BCUT2D eigenvalue weighted by atomic mass is 16.3. The molecule has 1 aliphatic heterocycles. The van der Waals surface area contributed by atoms with Crippen LogP contribution in [0.3, 0.4) is 0 Å². The zero-order valence-corrected chi connectivity index (χ0v) is 55.8. The third-order valence-electron chi connectivity index (χ3n) is 15.9. The van der Waals surface area contributed by atoms with Crippen molar-refractivity contribution in [2.24, 2.45) is 35.5 Å². The van der Waals surface area contributed by atoms with Gasteiger partial charge in [0, 0.05) is 42.3 Å². The van der Waals surface area contributed by atoms with Gasteiger partial charge in [-0.05, 0) is 109 Å². The first-order valence-corrected chi connectivity index (χ1v) is 30.4. The van der Waals surface area contributed by atoms with Crippen molar-refractivity contribution >= 4 is 65.0 Å². The summed E-state index contributed by atoms with van der Waals surface area (Å²) < 4.78 is 0. The number of allylic oxidation sites excluding steroid dienone is 2. The maximum Gasteiger partial charge on any atom is 0.248 e. The largest absolute Gasteiger partial charge is 0.391 e. The molecule has 0 bridgehead atoms. The van der Waals surface area contributed by atoms with Crippen molar-refractivity contribution < 1.29 is 68.1 Å². The molecule has 15 atom stereocenters. The molecule has 0 spiro atoms. The molecule has 0 radical (unpaired) electrons. The predicted octanol–water partition coefficient (Wildman–Crippen LogP) is 1.01. The maximum absolute atomic E-state index is 15.1. The van der Waals surface area contributed by atoms with Crippen LogP contribution in [0.25, 0.3) is 0 Å². The number of aliphatic hydroxyl groups excluding tert-OH is 3. The summed E-state index contributed by atoms with van der Waals surface area (Å²) in [6.07, 6.45) is -0.776. The van der Waals surface area contributed by atoms with Crippen LogP contribution in [0.5, 0.6) is 0 Å². The first-order chi connectivity index (χ1) is 39.6. The molecule has 11 amide bonds. The molecule has 1 aliphatic rings. The van der Waals surface area contributed by atoms with Crippen LogP contribution >= 0.6 is 0 Å². The fourth-order valence-electron chi connectivity index (χ4n) is 10.7. The van der Waals surface area contributed by atoms with Crippen LogP contribution in [-0.2, 0) is 52.7 Å². The second kappa shape index (κ2) is 35.0. The van der Waals surface area contributed by atoms with Gasteiger partial charge in [0.05, 0.1) is 18.3 Å². The molecular formula is C61H109N11O14. The van der Waals surface area contributed by atoms with Crippen molar-refractivity contribution in [1.29, 1.82) is 0 Å². The molecule has 0 saturated carbocycles. The van der Waals surface area contributed by atoms with E-state index in [1.165, 1.54) is 86.7 Å². The lowest BCUT2D eigenvalue weighted by Crippen LogP contribution is -2.65. The lowest BCUT2D eigenvalue weighted by Gasteiger charge is -2.40. The molecule has 25 heteroatoms. The SMILES string of the molecule is C/C=C/C[C@@H](C)[C@@H](O)[C@H]1C(=O)N[C@@H]([C@@H](C)O)C(=O)N(C)[C@H](C)C(=O)N(C)[C@@H](C(C)O)C(=O)N[C@@H](CC(C)C)C(=O)N(C)[C@@H](CC(C)C)C(=O)N[C@@H](C)C(=O)N[C@H](C)C(=O)N(C)[C@@H](CC(C)C)C(=O)N[C@@H](CC(C)C)C(=O)N(C)[C@@H](C(C)C)C(=O)N1C. The minimum Gasteiger partial charge on any atom is -0.391 e. The van der Waals surface area contributed by atoms with Gasteiger partial charge in [0.25, 0.3) is 0 Å². The summed E-state index contributed by atoms with van der Waals surface area (Å²) in [5.41, 5.74) is 0. The van der Waals surface area contributed by atoms with Gasteiger partial charge in [0.2, 0.25) is 65.0 Å².